The van der Waals surface area contributed by atoms with Crippen molar-refractivity contribution in [2.75, 3.05) is 13.2 Å². The van der Waals surface area contributed by atoms with E-state index in [1.807, 2.05) is 6.92 Å². The van der Waals surface area contributed by atoms with E-state index in [1.54, 1.807) is 0 Å². The highest BCUT2D eigenvalue weighted by Crippen LogP contribution is 2.39. The van der Waals surface area contributed by atoms with Crippen LogP contribution in [0.2, 0.25) is 0 Å². The Labute approximate surface area is 160 Å². The molecule has 2 atom stereocenters. The Morgan fingerprint density at radius 2 is 1.54 bits per heavy atom. The molecule has 1 aromatic rings. The molecule has 1 aromatic carbocycles. The van der Waals surface area contributed by atoms with Crippen LogP contribution in [0.4, 0.5) is 0 Å². The van der Waals surface area contributed by atoms with E-state index >= 15 is 0 Å². The van der Waals surface area contributed by atoms with Crippen molar-refractivity contribution in [2.45, 2.75) is 90.1 Å². The van der Waals surface area contributed by atoms with Gasteiger partial charge in [-0.05, 0) is 93.7 Å². The summed E-state index contributed by atoms with van der Waals surface area (Å²) in [5.41, 5.74) is 1.51. The van der Waals surface area contributed by atoms with E-state index in [2.05, 4.69) is 31.2 Å². The molecule has 0 N–H and O–H groups in total. The molecule has 0 aromatic heterocycles. The third kappa shape index (κ3) is 5.74. The summed E-state index contributed by atoms with van der Waals surface area (Å²) in [4.78, 5) is 0. The molecule has 1 saturated carbocycles. The molecule has 26 heavy (non-hydrogen) atoms. The Hall–Kier alpha value is -1.02. The van der Waals surface area contributed by atoms with Gasteiger partial charge in [0.1, 0.15) is 5.75 Å². The maximum Gasteiger partial charge on any atom is 0.119 e. The average Bonchev–Trinajstić information content (AvgIpc) is 2.69. The summed E-state index contributed by atoms with van der Waals surface area (Å²) in [5.74, 6) is 3.53. The number of hydrogen-bond donors (Lipinski definition) is 0. The van der Waals surface area contributed by atoms with Crippen LogP contribution in [0.3, 0.4) is 0 Å². The van der Waals surface area contributed by atoms with Gasteiger partial charge in [-0.15, -0.1) is 0 Å². The van der Waals surface area contributed by atoms with Gasteiger partial charge in [-0.2, -0.15) is 0 Å². The van der Waals surface area contributed by atoms with Gasteiger partial charge < -0.3 is 9.47 Å². The van der Waals surface area contributed by atoms with Crippen LogP contribution >= 0.6 is 0 Å². The van der Waals surface area contributed by atoms with E-state index in [1.165, 1.54) is 69.8 Å². The van der Waals surface area contributed by atoms with Crippen LogP contribution in [0, 0.1) is 11.8 Å². The van der Waals surface area contributed by atoms with Crippen molar-refractivity contribution in [2.24, 2.45) is 11.8 Å². The molecule has 146 valence electrons. The molecule has 2 unspecified atom stereocenters. The summed E-state index contributed by atoms with van der Waals surface area (Å²) >= 11 is 0. The summed E-state index contributed by atoms with van der Waals surface area (Å²) in [7, 11) is 0. The Morgan fingerprint density at radius 3 is 2.15 bits per heavy atom. The molecule has 0 bridgehead atoms. The Morgan fingerprint density at radius 1 is 0.846 bits per heavy atom. The van der Waals surface area contributed by atoms with Crippen LogP contribution in [-0.2, 0) is 4.74 Å². The highest BCUT2D eigenvalue weighted by molar-refractivity contribution is 5.29. The molecule has 0 spiro atoms. The summed E-state index contributed by atoms with van der Waals surface area (Å²) in [5, 5.41) is 0. The van der Waals surface area contributed by atoms with Gasteiger partial charge in [0.05, 0.1) is 12.7 Å². The first-order valence-electron chi connectivity index (χ1n) is 11.1. The zero-order chi connectivity index (χ0) is 18.2. The van der Waals surface area contributed by atoms with Gasteiger partial charge in [0.15, 0.2) is 0 Å². The topological polar surface area (TPSA) is 18.5 Å². The summed E-state index contributed by atoms with van der Waals surface area (Å²) in [6.07, 6.45) is 14.1. The van der Waals surface area contributed by atoms with Crippen molar-refractivity contribution >= 4 is 0 Å². The van der Waals surface area contributed by atoms with Crippen LogP contribution < -0.4 is 4.74 Å². The number of hydrogen-bond acceptors (Lipinski definition) is 2. The lowest BCUT2D eigenvalue weighted by Gasteiger charge is -2.32. The third-order valence-corrected chi connectivity index (χ3v) is 6.57. The SMILES string of the molecule is CCCC1CCC(CCC2CCC(c3ccc(OCC)cc3)CC2)CO1. The average molecular weight is 359 g/mol. The smallest absolute Gasteiger partial charge is 0.119 e. The minimum atomic E-state index is 0.556. The van der Waals surface area contributed by atoms with E-state index in [0.717, 1.165) is 36.7 Å². The normalized spacial score (nSPS) is 29.5. The monoisotopic (exact) mass is 358 g/mol. The van der Waals surface area contributed by atoms with Crippen molar-refractivity contribution in [3.8, 4) is 5.75 Å². The van der Waals surface area contributed by atoms with Crippen molar-refractivity contribution < 1.29 is 9.47 Å². The van der Waals surface area contributed by atoms with E-state index in [-0.39, 0.29) is 0 Å². The second-order valence-corrected chi connectivity index (χ2v) is 8.48. The molecule has 1 aliphatic heterocycles. The van der Waals surface area contributed by atoms with Gasteiger partial charge in [0.2, 0.25) is 0 Å². The van der Waals surface area contributed by atoms with Crippen LogP contribution in [0.15, 0.2) is 24.3 Å². The lowest BCUT2D eigenvalue weighted by Crippen LogP contribution is -2.26. The molecule has 0 radical (unpaired) electrons. The molecular formula is C24H38O2. The first-order chi connectivity index (χ1) is 12.8. The third-order valence-electron chi connectivity index (χ3n) is 6.57. The summed E-state index contributed by atoms with van der Waals surface area (Å²) in [6.45, 7) is 6.07. The van der Waals surface area contributed by atoms with Crippen LogP contribution in [0.25, 0.3) is 0 Å². The van der Waals surface area contributed by atoms with Gasteiger partial charge in [-0.3, -0.25) is 0 Å². The molecule has 1 heterocycles. The first kappa shape index (κ1) is 19.7. The van der Waals surface area contributed by atoms with E-state index in [0.29, 0.717) is 6.10 Å². The lowest BCUT2D eigenvalue weighted by atomic mass is 9.76. The Balaban J connectivity index is 1.35. The molecule has 2 nitrogen and oxygen atoms in total. The van der Waals surface area contributed by atoms with Crippen LogP contribution in [0.1, 0.15) is 89.5 Å². The standard InChI is InChI=1S/C24H38O2/c1-3-5-23-15-10-20(18-26-23)7-6-19-8-11-21(12-9-19)22-13-16-24(17-14-22)25-4-2/h13-14,16-17,19-21,23H,3-12,15,18H2,1-2H3. The molecule has 1 aliphatic carbocycles. The second kappa shape index (κ2) is 10.3. The molecule has 0 amide bonds. The van der Waals surface area contributed by atoms with Crippen molar-refractivity contribution in [1.29, 1.82) is 0 Å². The van der Waals surface area contributed by atoms with Gasteiger partial charge in [0.25, 0.3) is 0 Å². The quantitative estimate of drug-likeness (QED) is 0.512. The van der Waals surface area contributed by atoms with Gasteiger partial charge >= 0.3 is 0 Å². The summed E-state index contributed by atoms with van der Waals surface area (Å²) in [6, 6.07) is 8.84. The first-order valence-corrected chi connectivity index (χ1v) is 11.1. The van der Waals surface area contributed by atoms with Crippen molar-refractivity contribution in [3.63, 3.8) is 0 Å². The highest BCUT2D eigenvalue weighted by atomic mass is 16.5. The molecule has 3 rings (SSSR count). The Bertz CT molecular complexity index is 493. The minimum absolute atomic E-state index is 0.556. The van der Waals surface area contributed by atoms with Gasteiger partial charge in [-0.1, -0.05) is 31.9 Å². The van der Waals surface area contributed by atoms with Gasteiger partial charge in [-0.25, -0.2) is 0 Å². The maximum absolute atomic E-state index is 6.06. The van der Waals surface area contributed by atoms with Crippen LogP contribution in [0.5, 0.6) is 5.75 Å². The molecule has 1 saturated heterocycles. The fourth-order valence-corrected chi connectivity index (χ4v) is 4.90. The van der Waals surface area contributed by atoms with Crippen molar-refractivity contribution in [3.05, 3.63) is 29.8 Å². The zero-order valence-corrected chi connectivity index (χ0v) is 16.9. The Kier molecular flexibility index (Phi) is 7.85. The lowest BCUT2D eigenvalue weighted by molar-refractivity contribution is -0.0236. The fraction of sp³-hybridized carbons (Fsp3) is 0.750. The van der Waals surface area contributed by atoms with E-state index < -0.39 is 0 Å². The molecule has 2 fully saturated rings. The zero-order valence-electron chi connectivity index (χ0n) is 16.9. The fourth-order valence-electron chi connectivity index (χ4n) is 4.90. The highest BCUT2D eigenvalue weighted by Gasteiger charge is 2.25. The van der Waals surface area contributed by atoms with Gasteiger partial charge in [0, 0.05) is 6.61 Å². The number of benzene rings is 1. The van der Waals surface area contributed by atoms with Crippen LogP contribution in [-0.4, -0.2) is 19.3 Å². The second-order valence-electron chi connectivity index (χ2n) is 8.48. The van der Waals surface area contributed by atoms with E-state index in [9.17, 15) is 0 Å². The molecular weight excluding hydrogens is 320 g/mol. The number of rotatable bonds is 8. The molecule has 2 heteroatoms. The van der Waals surface area contributed by atoms with Crippen molar-refractivity contribution in [1.82, 2.24) is 0 Å². The maximum atomic E-state index is 6.06. The minimum Gasteiger partial charge on any atom is -0.494 e. The largest absolute Gasteiger partial charge is 0.494 e. The number of ether oxygens (including phenoxy) is 2. The predicted octanol–water partition coefficient (Wildman–Crippen LogP) is 6.73. The van der Waals surface area contributed by atoms with E-state index in [4.69, 9.17) is 9.47 Å². The predicted molar refractivity (Wildman–Crippen MR) is 109 cm³/mol. The molecule has 2 aliphatic rings. The summed E-state index contributed by atoms with van der Waals surface area (Å²) < 4.78 is 11.6.